The number of benzene rings is 1. The Morgan fingerprint density at radius 3 is 2.50 bits per heavy atom. The first kappa shape index (κ1) is 14.0. The molecule has 1 heterocycles. The molecule has 0 amide bonds. The smallest absolute Gasteiger partial charge is 0.190 e. The fraction of sp³-hybridized carbons (Fsp3) is 0.588. The van der Waals surface area contributed by atoms with Gasteiger partial charge in [-0.25, -0.2) is 0 Å². The molecule has 0 bridgehead atoms. The summed E-state index contributed by atoms with van der Waals surface area (Å²) < 4.78 is 6.59. The Bertz CT molecular complexity index is 467. The second-order valence-electron chi connectivity index (χ2n) is 6.57. The lowest BCUT2D eigenvalue weighted by molar-refractivity contribution is -0.128. The molecule has 0 spiro atoms. The van der Waals surface area contributed by atoms with Crippen LogP contribution in [-0.4, -0.2) is 14.1 Å². The van der Waals surface area contributed by atoms with Crippen molar-refractivity contribution < 1.29 is 9.22 Å². The van der Waals surface area contributed by atoms with Crippen LogP contribution in [0.3, 0.4) is 0 Å². The van der Waals surface area contributed by atoms with Gasteiger partial charge in [0.1, 0.15) is 5.78 Å². The maximum absolute atomic E-state index is 12.3. The van der Waals surface area contributed by atoms with Gasteiger partial charge in [-0.1, -0.05) is 43.2 Å². The van der Waals surface area contributed by atoms with Crippen LogP contribution in [-0.2, 0) is 9.22 Å². The molecule has 3 heteroatoms. The van der Waals surface area contributed by atoms with E-state index in [2.05, 4.69) is 30.8 Å². The van der Waals surface area contributed by atoms with Gasteiger partial charge in [0.05, 0.1) is 6.10 Å². The van der Waals surface area contributed by atoms with Crippen LogP contribution in [0.1, 0.15) is 43.8 Å². The Hall–Kier alpha value is -0.933. The molecule has 1 aliphatic heterocycles. The highest BCUT2D eigenvalue weighted by Crippen LogP contribution is 2.42. The lowest BCUT2D eigenvalue weighted by atomic mass is 9.82. The van der Waals surface area contributed by atoms with Gasteiger partial charge in [0.25, 0.3) is 0 Å². The number of carbonyl (C=O) groups excluding carboxylic acids is 1. The highest BCUT2D eigenvalue weighted by molar-refractivity contribution is 6.75. The first-order valence-electron chi connectivity index (χ1n) is 7.93. The van der Waals surface area contributed by atoms with Crippen molar-refractivity contribution in [2.75, 3.05) is 0 Å². The Balaban J connectivity index is 1.84. The van der Waals surface area contributed by atoms with Crippen LogP contribution in [0, 0.1) is 5.92 Å². The Morgan fingerprint density at radius 1 is 1.15 bits per heavy atom. The average molecular weight is 288 g/mol. The minimum absolute atomic E-state index is 0.0148. The maximum atomic E-state index is 12.3. The minimum Gasteiger partial charge on any atom is -0.409 e. The molecule has 0 radical (unpaired) electrons. The molecule has 2 fully saturated rings. The van der Waals surface area contributed by atoms with Gasteiger partial charge in [-0.3, -0.25) is 4.79 Å². The van der Waals surface area contributed by atoms with E-state index in [1.807, 2.05) is 6.07 Å². The number of rotatable bonds is 4. The van der Waals surface area contributed by atoms with E-state index in [-0.39, 0.29) is 12.0 Å². The third-order valence-electron chi connectivity index (χ3n) is 4.92. The van der Waals surface area contributed by atoms with Gasteiger partial charge >= 0.3 is 0 Å². The molecule has 1 saturated carbocycles. The van der Waals surface area contributed by atoms with Gasteiger partial charge in [0.2, 0.25) is 0 Å². The number of hydrogen-bond donors (Lipinski definition) is 0. The second-order valence-corrected chi connectivity index (χ2v) is 10.7. The van der Waals surface area contributed by atoms with Crippen molar-refractivity contribution in [3.8, 4) is 0 Å². The fourth-order valence-corrected chi connectivity index (χ4v) is 5.95. The monoisotopic (exact) mass is 288 g/mol. The Labute approximate surface area is 122 Å². The van der Waals surface area contributed by atoms with Crippen LogP contribution in [0.15, 0.2) is 30.3 Å². The van der Waals surface area contributed by atoms with Crippen molar-refractivity contribution in [3.05, 3.63) is 35.9 Å². The summed E-state index contributed by atoms with van der Waals surface area (Å²) in [5.74, 6) is 0.512. The normalized spacial score (nSPS) is 26.9. The van der Waals surface area contributed by atoms with Crippen LogP contribution in [0.25, 0.3) is 0 Å². The van der Waals surface area contributed by atoms with Gasteiger partial charge in [-0.2, -0.15) is 0 Å². The summed E-state index contributed by atoms with van der Waals surface area (Å²) in [6.07, 6.45) is 5.30. The summed E-state index contributed by atoms with van der Waals surface area (Å²) in [5.41, 5.74) is 1.20. The average Bonchev–Trinajstić information content (AvgIpc) is 2.45. The maximum Gasteiger partial charge on any atom is 0.190 e. The number of Topliss-reactive ketones (excluding diaryl/α,β-unsaturated/α-hetero) is 1. The van der Waals surface area contributed by atoms with Crippen molar-refractivity contribution in [2.24, 2.45) is 5.92 Å². The van der Waals surface area contributed by atoms with Crippen LogP contribution in [0.2, 0.25) is 18.6 Å². The largest absolute Gasteiger partial charge is 0.409 e. The molecule has 0 N–H and O–H groups in total. The van der Waals surface area contributed by atoms with E-state index in [1.165, 1.54) is 30.5 Å². The standard InChI is InChI=1S/C17H24O2Si/c1-20(12-7-13-20)19-17(14-8-3-2-4-9-14)15-10-5-6-11-16(15)18/h2-4,8-9,15,17H,5-7,10-13H2,1H3/t15-,17-/m0/s1. The van der Waals surface area contributed by atoms with Gasteiger partial charge < -0.3 is 4.43 Å². The van der Waals surface area contributed by atoms with Gasteiger partial charge in [0.15, 0.2) is 8.32 Å². The minimum atomic E-state index is -1.51. The summed E-state index contributed by atoms with van der Waals surface area (Å²) in [6.45, 7) is 2.33. The lowest BCUT2D eigenvalue weighted by Crippen LogP contribution is -2.44. The molecule has 1 aromatic rings. The second kappa shape index (κ2) is 5.82. The molecule has 1 aromatic carbocycles. The van der Waals surface area contributed by atoms with E-state index in [1.54, 1.807) is 0 Å². The fourth-order valence-electron chi connectivity index (χ4n) is 3.45. The highest BCUT2D eigenvalue weighted by Gasteiger charge is 2.42. The van der Waals surface area contributed by atoms with Crippen molar-refractivity contribution in [2.45, 2.75) is 56.8 Å². The molecule has 0 aromatic heterocycles. The van der Waals surface area contributed by atoms with E-state index < -0.39 is 8.32 Å². The Morgan fingerprint density at radius 2 is 1.90 bits per heavy atom. The van der Waals surface area contributed by atoms with Gasteiger partial charge in [0, 0.05) is 12.3 Å². The molecular weight excluding hydrogens is 264 g/mol. The summed E-state index contributed by atoms with van der Waals surface area (Å²) in [7, 11) is -1.51. The van der Waals surface area contributed by atoms with Crippen LogP contribution >= 0.6 is 0 Å². The SMILES string of the molecule is C[Si]1(O[C@@H](c2ccccc2)[C@H]2CCCCC2=O)CCC1. The quantitative estimate of drug-likeness (QED) is 0.763. The number of ketones is 1. The zero-order chi connectivity index (χ0) is 14.0. The molecule has 3 rings (SSSR count). The zero-order valence-corrected chi connectivity index (χ0v) is 13.3. The predicted octanol–water partition coefficient (Wildman–Crippen LogP) is 4.48. The summed E-state index contributed by atoms with van der Waals surface area (Å²) >= 11 is 0. The molecule has 20 heavy (non-hydrogen) atoms. The molecule has 1 aliphatic carbocycles. The molecule has 2 nitrogen and oxygen atoms in total. The van der Waals surface area contributed by atoms with E-state index in [9.17, 15) is 4.79 Å². The van der Waals surface area contributed by atoms with E-state index in [4.69, 9.17) is 4.43 Å². The van der Waals surface area contributed by atoms with Gasteiger partial charge in [-0.05, 0) is 37.0 Å². The third-order valence-corrected chi connectivity index (χ3v) is 8.56. The topological polar surface area (TPSA) is 26.3 Å². The van der Waals surface area contributed by atoms with Crippen molar-refractivity contribution in [3.63, 3.8) is 0 Å². The van der Waals surface area contributed by atoms with Crippen molar-refractivity contribution in [1.82, 2.24) is 0 Å². The summed E-state index contributed by atoms with van der Waals surface area (Å²) in [5, 5.41) is 0. The van der Waals surface area contributed by atoms with E-state index in [0.717, 1.165) is 19.3 Å². The predicted molar refractivity (Wildman–Crippen MR) is 83.1 cm³/mol. The molecule has 1 saturated heterocycles. The molecule has 108 valence electrons. The zero-order valence-electron chi connectivity index (χ0n) is 12.3. The molecule has 0 unspecified atom stereocenters. The van der Waals surface area contributed by atoms with Crippen molar-refractivity contribution in [1.29, 1.82) is 0 Å². The lowest BCUT2D eigenvalue weighted by Gasteiger charge is -2.42. The molecule has 2 atom stereocenters. The highest BCUT2D eigenvalue weighted by atomic mass is 28.4. The Kier molecular flexibility index (Phi) is 4.08. The first-order chi connectivity index (χ1) is 9.68. The summed E-state index contributed by atoms with van der Waals surface area (Å²) in [4.78, 5) is 12.3. The van der Waals surface area contributed by atoms with Crippen molar-refractivity contribution >= 4 is 14.1 Å². The van der Waals surface area contributed by atoms with Crippen LogP contribution < -0.4 is 0 Å². The van der Waals surface area contributed by atoms with E-state index in [0.29, 0.717) is 5.78 Å². The first-order valence-corrected chi connectivity index (χ1v) is 10.8. The molecule has 2 aliphatic rings. The number of carbonyl (C=O) groups is 1. The molecular formula is C17H24O2Si. The number of hydrogen-bond acceptors (Lipinski definition) is 2. The third kappa shape index (κ3) is 2.89. The summed E-state index contributed by atoms with van der Waals surface area (Å²) in [6, 6.07) is 12.9. The van der Waals surface area contributed by atoms with Crippen LogP contribution in [0.4, 0.5) is 0 Å². The van der Waals surface area contributed by atoms with E-state index >= 15 is 0 Å². The van der Waals surface area contributed by atoms with Gasteiger partial charge in [-0.15, -0.1) is 0 Å². The van der Waals surface area contributed by atoms with Crippen LogP contribution in [0.5, 0.6) is 0 Å².